The van der Waals surface area contributed by atoms with Crippen molar-refractivity contribution >= 4 is 29.2 Å². The molecule has 1 aliphatic heterocycles. The lowest BCUT2D eigenvalue weighted by molar-refractivity contribution is 0.114. The minimum absolute atomic E-state index is 0.0642. The van der Waals surface area contributed by atoms with Crippen LogP contribution in [0.15, 0.2) is 29.5 Å². The van der Waals surface area contributed by atoms with E-state index in [1.165, 1.54) is 0 Å². The molecule has 2 unspecified atom stereocenters. The molecule has 10 heteroatoms. The molecule has 0 aliphatic carbocycles. The number of hydrogen-bond acceptors (Lipinski definition) is 5. The largest absolute Gasteiger partial charge is 0.489 e. The summed E-state index contributed by atoms with van der Waals surface area (Å²) in [6, 6.07) is 5.33. The van der Waals surface area contributed by atoms with Gasteiger partial charge < -0.3 is 20.5 Å². The fraction of sp³-hybridized carbons (Fsp3) is 0.500. The molecule has 0 saturated carbocycles. The van der Waals surface area contributed by atoms with Crippen molar-refractivity contribution in [2.24, 2.45) is 4.99 Å². The number of benzene rings is 1. The molecule has 28 heavy (non-hydrogen) atoms. The second-order valence-corrected chi connectivity index (χ2v) is 7.26. The quantitative estimate of drug-likeness (QED) is 0.462. The van der Waals surface area contributed by atoms with E-state index in [1.54, 1.807) is 24.5 Å². The summed E-state index contributed by atoms with van der Waals surface area (Å²) in [6.45, 7) is 3.70. The van der Waals surface area contributed by atoms with Crippen molar-refractivity contribution in [1.82, 2.24) is 25.4 Å². The van der Waals surface area contributed by atoms with Crippen LogP contribution in [0.1, 0.15) is 19.2 Å². The van der Waals surface area contributed by atoms with Crippen LogP contribution in [0.25, 0.3) is 0 Å². The second kappa shape index (κ2) is 9.95. The van der Waals surface area contributed by atoms with Gasteiger partial charge in [-0.05, 0) is 25.5 Å². The van der Waals surface area contributed by atoms with Gasteiger partial charge in [0.05, 0.1) is 18.1 Å². The first-order valence-electron chi connectivity index (χ1n) is 9.23. The third-order valence-electron chi connectivity index (χ3n) is 4.30. The molecule has 2 heterocycles. The number of aliphatic imine (C=N–C) groups is 1. The molecule has 0 radical (unpaired) electrons. The van der Waals surface area contributed by atoms with E-state index in [-0.39, 0.29) is 19.2 Å². The Kier molecular flexibility index (Phi) is 7.36. The fourth-order valence-electron chi connectivity index (χ4n) is 2.90. The highest BCUT2D eigenvalue weighted by Crippen LogP contribution is 2.31. The monoisotopic (exact) mass is 426 g/mol. The molecule has 2 atom stereocenters. The van der Waals surface area contributed by atoms with Crippen molar-refractivity contribution in [3.8, 4) is 5.75 Å². The Morgan fingerprint density at radius 2 is 2.32 bits per heavy atom. The zero-order valence-corrected chi connectivity index (χ0v) is 17.1. The van der Waals surface area contributed by atoms with Crippen LogP contribution in [0.4, 0.5) is 0 Å². The van der Waals surface area contributed by atoms with Crippen LogP contribution in [-0.2, 0) is 13.0 Å². The highest BCUT2D eigenvalue weighted by Gasteiger charge is 2.20. The average Bonchev–Trinajstić information content (AvgIpc) is 3.15. The first-order chi connectivity index (χ1) is 13.6. The number of aromatic nitrogens is 3. The molecule has 3 N–H and O–H groups in total. The Morgan fingerprint density at radius 3 is 3.14 bits per heavy atom. The molecule has 1 aromatic carbocycles. The van der Waals surface area contributed by atoms with Crippen LogP contribution in [0.5, 0.6) is 5.75 Å². The van der Waals surface area contributed by atoms with Crippen molar-refractivity contribution in [1.29, 1.82) is 0 Å². The highest BCUT2D eigenvalue weighted by atomic mass is 35.5. The SMILES string of the molecule is CCNC(=NCC(O)COc1cccc(Cl)c1Cl)NC1CCc2ncnn2C1. The van der Waals surface area contributed by atoms with E-state index in [9.17, 15) is 5.11 Å². The van der Waals surface area contributed by atoms with E-state index >= 15 is 0 Å². The van der Waals surface area contributed by atoms with E-state index in [0.717, 1.165) is 31.8 Å². The molecule has 0 fully saturated rings. The van der Waals surface area contributed by atoms with E-state index in [2.05, 4.69) is 25.7 Å². The number of halogens is 2. The zero-order chi connectivity index (χ0) is 19.9. The Morgan fingerprint density at radius 1 is 1.46 bits per heavy atom. The summed E-state index contributed by atoms with van der Waals surface area (Å²) in [5.41, 5.74) is 0. The summed E-state index contributed by atoms with van der Waals surface area (Å²) in [5.74, 6) is 2.09. The Hall–Kier alpha value is -2.03. The number of guanidine groups is 1. The molecule has 0 spiro atoms. The lowest BCUT2D eigenvalue weighted by Gasteiger charge is -2.25. The number of aryl methyl sites for hydroxylation is 1. The maximum Gasteiger partial charge on any atom is 0.191 e. The lowest BCUT2D eigenvalue weighted by Crippen LogP contribution is -2.47. The normalized spacial score (nSPS) is 17.7. The number of aliphatic hydroxyl groups excluding tert-OH is 1. The number of nitrogens with one attached hydrogen (secondary N) is 2. The Labute approximate surface area is 173 Å². The summed E-state index contributed by atoms with van der Waals surface area (Å²) < 4.78 is 7.46. The molecular formula is C18H24Cl2N6O2. The molecule has 0 amide bonds. The maximum atomic E-state index is 10.2. The molecule has 1 aromatic heterocycles. The Bertz CT molecular complexity index is 813. The number of nitrogens with zero attached hydrogens (tertiary/aromatic N) is 4. The summed E-state index contributed by atoms with van der Waals surface area (Å²) in [6.07, 6.45) is 2.62. The van der Waals surface area contributed by atoms with Gasteiger partial charge in [-0.15, -0.1) is 0 Å². The summed E-state index contributed by atoms with van der Waals surface area (Å²) >= 11 is 12.0. The number of fused-ring (bicyclic) bond motifs is 1. The first kappa shape index (κ1) is 20.7. The van der Waals surface area contributed by atoms with Gasteiger partial charge in [-0.1, -0.05) is 29.3 Å². The van der Waals surface area contributed by atoms with Crippen LogP contribution < -0.4 is 15.4 Å². The summed E-state index contributed by atoms with van der Waals surface area (Å²) in [5, 5.41) is 21.8. The zero-order valence-electron chi connectivity index (χ0n) is 15.6. The van der Waals surface area contributed by atoms with Gasteiger partial charge in [0.15, 0.2) is 5.96 Å². The molecule has 152 valence electrons. The van der Waals surface area contributed by atoms with Crippen molar-refractivity contribution in [3.05, 3.63) is 40.4 Å². The smallest absolute Gasteiger partial charge is 0.191 e. The number of ether oxygens (including phenoxy) is 1. The minimum atomic E-state index is -0.779. The van der Waals surface area contributed by atoms with Crippen LogP contribution in [0.3, 0.4) is 0 Å². The standard InChI is InChI=1S/C18H24Cl2N6O2/c1-2-21-18(25-12-6-7-16-23-11-24-26(16)9-12)22-8-13(27)10-28-15-5-3-4-14(19)17(15)20/h3-5,11-13,27H,2,6-10H2,1H3,(H2,21,22,25). The van der Waals surface area contributed by atoms with Gasteiger partial charge in [0.25, 0.3) is 0 Å². The van der Waals surface area contributed by atoms with Crippen molar-refractivity contribution in [2.45, 2.75) is 38.5 Å². The summed E-state index contributed by atoms with van der Waals surface area (Å²) in [7, 11) is 0. The maximum absolute atomic E-state index is 10.2. The van der Waals surface area contributed by atoms with Gasteiger partial charge in [-0.3, -0.25) is 4.99 Å². The number of rotatable bonds is 7. The molecular weight excluding hydrogens is 403 g/mol. The minimum Gasteiger partial charge on any atom is -0.489 e. The van der Waals surface area contributed by atoms with Gasteiger partial charge in [0.2, 0.25) is 0 Å². The number of aliphatic hydroxyl groups is 1. The molecule has 0 bridgehead atoms. The third-order valence-corrected chi connectivity index (χ3v) is 5.10. The van der Waals surface area contributed by atoms with E-state index in [0.29, 0.717) is 21.8 Å². The third kappa shape index (κ3) is 5.50. The predicted octanol–water partition coefficient (Wildman–Crippen LogP) is 1.89. The molecule has 8 nitrogen and oxygen atoms in total. The van der Waals surface area contributed by atoms with Crippen LogP contribution >= 0.6 is 23.2 Å². The van der Waals surface area contributed by atoms with E-state index in [4.69, 9.17) is 27.9 Å². The van der Waals surface area contributed by atoms with Gasteiger partial charge >= 0.3 is 0 Å². The van der Waals surface area contributed by atoms with Gasteiger partial charge in [-0.2, -0.15) is 5.10 Å². The van der Waals surface area contributed by atoms with Gasteiger partial charge in [0.1, 0.15) is 35.6 Å². The predicted molar refractivity (Wildman–Crippen MR) is 109 cm³/mol. The lowest BCUT2D eigenvalue weighted by atomic mass is 10.1. The molecule has 1 aliphatic rings. The number of hydrogen-bond donors (Lipinski definition) is 3. The topological polar surface area (TPSA) is 96.6 Å². The molecule has 2 aromatic rings. The van der Waals surface area contributed by atoms with Crippen LogP contribution in [0, 0.1) is 0 Å². The molecule has 0 saturated heterocycles. The molecule has 3 rings (SSSR count). The fourth-order valence-corrected chi connectivity index (χ4v) is 3.25. The van der Waals surface area contributed by atoms with E-state index < -0.39 is 6.10 Å². The highest BCUT2D eigenvalue weighted by molar-refractivity contribution is 6.42. The van der Waals surface area contributed by atoms with Crippen LogP contribution in [0.2, 0.25) is 10.0 Å². The first-order valence-corrected chi connectivity index (χ1v) is 9.98. The van der Waals surface area contributed by atoms with Gasteiger partial charge in [0, 0.05) is 19.0 Å². The second-order valence-electron chi connectivity index (χ2n) is 6.47. The van der Waals surface area contributed by atoms with E-state index in [1.807, 2.05) is 11.6 Å². The van der Waals surface area contributed by atoms with Crippen molar-refractivity contribution in [3.63, 3.8) is 0 Å². The van der Waals surface area contributed by atoms with Crippen LogP contribution in [-0.4, -0.2) is 57.7 Å². The van der Waals surface area contributed by atoms with Crippen molar-refractivity contribution in [2.75, 3.05) is 19.7 Å². The van der Waals surface area contributed by atoms with Crippen molar-refractivity contribution < 1.29 is 9.84 Å². The summed E-state index contributed by atoms with van der Waals surface area (Å²) in [4.78, 5) is 8.70. The van der Waals surface area contributed by atoms with Gasteiger partial charge in [-0.25, -0.2) is 9.67 Å². The average molecular weight is 427 g/mol. The Balaban J connectivity index is 1.51.